The first kappa shape index (κ1) is 13.6. The van der Waals surface area contributed by atoms with Crippen LogP contribution in [0, 0.1) is 6.92 Å². The third-order valence-corrected chi connectivity index (χ3v) is 2.57. The maximum Gasteiger partial charge on any atom is 0.308 e. The molecule has 0 spiro atoms. The van der Waals surface area contributed by atoms with Crippen molar-refractivity contribution in [2.24, 2.45) is 0 Å². The Hall–Kier alpha value is -2.83. The van der Waals surface area contributed by atoms with Crippen molar-refractivity contribution < 1.29 is 18.8 Å². The number of nitrogen functional groups attached to an aromatic ring is 1. The van der Waals surface area contributed by atoms with E-state index in [2.05, 4.69) is 10.5 Å². The molecule has 7 nitrogen and oxygen atoms in total. The van der Waals surface area contributed by atoms with E-state index in [1.165, 1.54) is 19.1 Å². The highest BCUT2D eigenvalue weighted by molar-refractivity contribution is 6.06. The van der Waals surface area contributed by atoms with E-state index in [-0.39, 0.29) is 23.0 Å². The lowest BCUT2D eigenvalue weighted by Crippen LogP contribution is -2.15. The van der Waals surface area contributed by atoms with Crippen LogP contribution in [0.2, 0.25) is 0 Å². The largest absolute Gasteiger partial charge is 0.426 e. The number of benzene rings is 1. The second-order valence-electron chi connectivity index (χ2n) is 4.07. The van der Waals surface area contributed by atoms with Gasteiger partial charge in [0, 0.05) is 6.92 Å². The van der Waals surface area contributed by atoms with Crippen molar-refractivity contribution in [1.82, 2.24) is 5.16 Å². The van der Waals surface area contributed by atoms with E-state index in [0.29, 0.717) is 5.56 Å². The van der Waals surface area contributed by atoms with Gasteiger partial charge in [-0.25, -0.2) is 0 Å². The number of anilines is 2. The van der Waals surface area contributed by atoms with Gasteiger partial charge in [-0.2, -0.15) is 0 Å². The molecule has 0 unspecified atom stereocenters. The van der Waals surface area contributed by atoms with Crippen molar-refractivity contribution in [3.63, 3.8) is 0 Å². The predicted molar refractivity (Wildman–Crippen MR) is 71.4 cm³/mol. The molecule has 0 atom stereocenters. The van der Waals surface area contributed by atoms with Crippen LogP contribution in [0.5, 0.6) is 5.75 Å². The van der Waals surface area contributed by atoms with Crippen LogP contribution in [0.15, 0.2) is 28.8 Å². The maximum absolute atomic E-state index is 12.1. The number of ether oxygens (including phenoxy) is 1. The summed E-state index contributed by atoms with van der Waals surface area (Å²) in [5.74, 6) is -0.465. The zero-order valence-electron chi connectivity index (χ0n) is 11.0. The van der Waals surface area contributed by atoms with Crippen LogP contribution in [0.4, 0.5) is 11.7 Å². The molecule has 0 saturated heterocycles. The molecule has 0 saturated carbocycles. The first-order chi connectivity index (χ1) is 9.49. The molecule has 2 aromatic rings. The maximum atomic E-state index is 12.1. The molecular formula is C13H13N3O4. The second-order valence-corrected chi connectivity index (χ2v) is 4.07. The summed E-state index contributed by atoms with van der Waals surface area (Å²) >= 11 is 0. The number of amides is 1. The fraction of sp³-hybridized carbons (Fsp3) is 0.154. The van der Waals surface area contributed by atoms with E-state index in [1.807, 2.05) is 0 Å². The van der Waals surface area contributed by atoms with Crippen molar-refractivity contribution in [1.29, 1.82) is 0 Å². The monoisotopic (exact) mass is 275 g/mol. The van der Waals surface area contributed by atoms with Crippen LogP contribution in [0.1, 0.15) is 22.8 Å². The number of para-hydroxylation sites is 1. The molecular weight excluding hydrogens is 262 g/mol. The molecule has 1 aromatic carbocycles. The van der Waals surface area contributed by atoms with Gasteiger partial charge in [-0.05, 0) is 19.1 Å². The normalized spacial score (nSPS) is 10.1. The van der Waals surface area contributed by atoms with Crippen molar-refractivity contribution in [3.05, 3.63) is 35.4 Å². The first-order valence-corrected chi connectivity index (χ1v) is 5.79. The number of rotatable bonds is 3. The zero-order valence-corrected chi connectivity index (χ0v) is 11.0. The summed E-state index contributed by atoms with van der Waals surface area (Å²) in [6.07, 6.45) is 0. The third kappa shape index (κ3) is 2.77. The van der Waals surface area contributed by atoms with Gasteiger partial charge in [-0.15, -0.1) is 0 Å². The summed E-state index contributed by atoms with van der Waals surface area (Å²) in [5.41, 5.74) is 6.26. The Kier molecular flexibility index (Phi) is 3.69. The highest BCUT2D eigenvalue weighted by atomic mass is 16.5. The third-order valence-electron chi connectivity index (χ3n) is 2.57. The molecule has 0 fully saturated rings. The molecule has 7 heteroatoms. The highest BCUT2D eigenvalue weighted by Gasteiger charge is 2.17. The second kappa shape index (κ2) is 5.43. The number of carbonyl (C=O) groups excluding carboxylic acids is 2. The number of hydrogen-bond donors (Lipinski definition) is 2. The van der Waals surface area contributed by atoms with E-state index in [9.17, 15) is 9.59 Å². The van der Waals surface area contributed by atoms with E-state index in [4.69, 9.17) is 15.0 Å². The molecule has 0 aliphatic rings. The summed E-state index contributed by atoms with van der Waals surface area (Å²) in [6.45, 7) is 2.93. The average molecular weight is 275 g/mol. The molecule has 20 heavy (non-hydrogen) atoms. The molecule has 3 N–H and O–H groups in total. The summed E-state index contributed by atoms with van der Waals surface area (Å²) in [5, 5.41) is 6.06. The fourth-order valence-corrected chi connectivity index (χ4v) is 1.53. The van der Waals surface area contributed by atoms with Crippen LogP contribution in [-0.2, 0) is 4.79 Å². The van der Waals surface area contributed by atoms with Crippen LogP contribution >= 0.6 is 0 Å². The Morgan fingerprint density at radius 1 is 1.35 bits per heavy atom. The number of nitrogens with two attached hydrogens (primary N) is 1. The Morgan fingerprint density at radius 2 is 2.05 bits per heavy atom. The summed E-state index contributed by atoms with van der Waals surface area (Å²) in [4.78, 5) is 23.2. The highest BCUT2D eigenvalue weighted by Crippen LogP contribution is 2.23. The van der Waals surface area contributed by atoms with Crippen LogP contribution in [0.3, 0.4) is 0 Å². The van der Waals surface area contributed by atoms with Gasteiger partial charge in [-0.3, -0.25) is 14.9 Å². The van der Waals surface area contributed by atoms with E-state index >= 15 is 0 Å². The lowest BCUT2D eigenvalue weighted by molar-refractivity contribution is -0.131. The van der Waals surface area contributed by atoms with Gasteiger partial charge < -0.3 is 15.0 Å². The number of nitrogens with one attached hydrogen (secondary N) is 1. The van der Waals surface area contributed by atoms with Crippen LogP contribution < -0.4 is 15.8 Å². The quantitative estimate of drug-likeness (QED) is 0.652. The molecule has 1 heterocycles. The van der Waals surface area contributed by atoms with E-state index in [1.54, 1.807) is 19.1 Å². The Balaban J connectivity index is 2.25. The van der Waals surface area contributed by atoms with E-state index < -0.39 is 11.9 Å². The molecule has 0 aliphatic heterocycles. The average Bonchev–Trinajstić information content (AvgIpc) is 2.70. The van der Waals surface area contributed by atoms with Crippen LogP contribution in [-0.4, -0.2) is 17.0 Å². The molecule has 104 valence electrons. The van der Waals surface area contributed by atoms with Gasteiger partial charge in [0.1, 0.15) is 5.75 Å². The molecule has 0 bridgehead atoms. The summed E-state index contributed by atoms with van der Waals surface area (Å²) < 4.78 is 9.86. The van der Waals surface area contributed by atoms with Crippen molar-refractivity contribution >= 4 is 23.6 Å². The Morgan fingerprint density at radius 3 is 2.65 bits per heavy atom. The van der Waals surface area contributed by atoms with Crippen molar-refractivity contribution in [3.8, 4) is 5.75 Å². The van der Waals surface area contributed by atoms with Gasteiger partial charge in [-0.1, -0.05) is 17.3 Å². The number of esters is 1. The van der Waals surface area contributed by atoms with Gasteiger partial charge >= 0.3 is 5.97 Å². The predicted octanol–water partition coefficient (Wildman–Crippen LogP) is 1.74. The van der Waals surface area contributed by atoms with E-state index in [0.717, 1.165) is 0 Å². The standard InChI is InChI=1S/C13H13N3O4/c1-7-11(14)16-20-13(7)15-12(18)9-5-3-4-6-10(9)19-8(2)17/h3-6H,1-2H3,(H2,14,16)(H,15,18). The lowest BCUT2D eigenvalue weighted by Gasteiger charge is -2.08. The minimum atomic E-state index is -0.509. The molecule has 0 aliphatic carbocycles. The van der Waals surface area contributed by atoms with Gasteiger partial charge in [0.2, 0.25) is 5.88 Å². The number of carbonyl (C=O) groups is 2. The van der Waals surface area contributed by atoms with Gasteiger partial charge in [0.25, 0.3) is 5.91 Å². The zero-order chi connectivity index (χ0) is 14.7. The van der Waals surface area contributed by atoms with Crippen molar-refractivity contribution in [2.45, 2.75) is 13.8 Å². The first-order valence-electron chi connectivity index (χ1n) is 5.79. The summed E-state index contributed by atoms with van der Waals surface area (Å²) in [7, 11) is 0. The van der Waals surface area contributed by atoms with Gasteiger partial charge in [0.05, 0.1) is 11.1 Å². The fourth-order valence-electron chi connectivity index (χ4n) is 1.53. The molecule has 2 rings (SSSR count). The SMILES string of the molecule is CC(=O)Oc1ccccc1C(=O)Nc1onc(N)c1C. The molecule has 1 aromatic heterocycles. The number of nitrogens with zero attached hydrogens (tertiary/aromatic N) is 1. The Labute approximate surface area is 114 Å². The molecule has 1 amide bonds. The Bertz CT molecular complexity index is 663. The number of aromatic nitrogens is 1. The summed E-state index contributed by atoms with van der Waals surface area (Å²) in [6, 6.07) is 6.37. The lowest BCUT2D eigenvalue weighted by atomic mass is 10.2. The molecule has 0 radical (unpaired) electrons. The topological polar surface area (TPSA) is 107 Å². The minimum Gasteiger partial charge on any atom is -0.426 e. The van der Waals surface area contributed by atoms with Crippen LogP contribution in [0.25, 0.3) is 0 Å². The number of hydrogen-bond acceptors (Lipinski definition) is 6. The smallest absolute Gasteiger partial charge is 0.308 e. The van der Waals surface area contributed by atoms with Gasteiger partial charge in [0.15, 0.2) is 5.82 Å². The van der Waals surface area contributed by atoms with Crippen molar-refractivity contribution in [2.75, 3.05) is 11.1 Å². The minimum absolute atomic E-state index is 0.158.